The van der Waals surface area contributed by atoms with Crippen LogP contribution in [0, 0.1) is 0 Å². The van der Waals surface area contributed by atoms with Crippen LogP contribution in [0.2, 0.25) is 0 Å². The van der Waals surface area contributed by atoms with Crippen LogP contribution in [0.3, 0.4) is 0 Å². The van der Waals surface area contributed by atoms with E-state index < -0.39 is 11.7 Å². The molecule has 4 nitrogen and oxygen atoms in total. The largest absolute Gasteiger partial charge is 0.442 e. The second-order valence-corrected chi connectivity index (χ2v) is 5.68. The van der Waals surface area contributed by atoms with Gasteiger partial charge in [-0.3, -0.25) is 4.84 Å². The van der Waals surface area contributed by atoms with Crippen LogP contribution < -0.4 is 0 Å². The maximum absolute atomic E-state index is 12.1. The Balaban J connectivity index is 2.63. The summed E-state index contributed by atoms with van der Waals surface area (Å²) in [6.45, 7) is 9.51. The highest BCUT2D eigenvalue weighted by Crippen LogP contribution is 2.24. The number of hydroxylamine groups is 2. The lowest BCUT2D eigenvalue weighted by molar-refractivity contribution is -0.167. The maximum atomic E-state index is 12.1. The van der Waals surface area contributed by atoms with Crippen molar-refractivity contribution in [2.24, 2.45) is 0 Å². The van der Waals surface area contributed by atoms with E-state index in [4.69, 9.17) is 9.57 Å². The SMILES string of the molecule is C=CCON(C(=O)OC(C)(C)C)C1CCCCC1. The minimum Gasteiger partial charge on any atom is -0.442 e. The van der Waals surface area contributed by atoms with E-state index in [0.717, 1.165) is 25.7 Å². The second-order valence-electron chi connectivity index (χ2n) is 5.68. The average Bonchev–Trinajstić information content (AvgIpc) is 2.28. The molecule has 0 spiro atoms. The van der Waals surface area contributed by atoms with Crippen molar-refractivity contribution >= 4 is 6.09 Å². The highest BCUT2D eigenvalue weighted by Gasteiger charge is 2.30. The number of carbonyl (C=O) groups excluding carboxylic acids is 1. The van der Waals surface area contributed by atoms with E-state index >= 15 is 0 Å². The van der Waals surface area contributed by atoms with Crippen LogP contribution >= 0.6 is 0 Å². The third-order valence-electron chi connectivity index (χ3n) is 2.81. The molecule has 18 heavy (non-hydrogen) atoms. The number of hydrogen-bond donors (Lipinski definition) is 0. The summed E-state index contributed by atoms with van der Waals surface area (Å²) in [5, 5.41) is 1.41. The van der Waals surface area contributed by atoms with Gasteiger partial charge in [0.05, 0.1) is 12.6 Å². The molecule has 1 saturated carbocycles. The molecule has 1 rings (SSSR count). The summed E-state index contributed by atoms with van der Waals surface area (Å²) in [6, 6.07) is 0.133. The van der Waals surface area contributed by atoms with Gasteiger partial charge < -0.3 is 4.74 Å². The number of rotatable bonds is 4. The molecule has 104 valence electrons. The second kappa shape index (κ2) is 6.78. The average molecular weight is 255 g/mol. The monoisotopic (exact) mass is 255 g/mol. The first-order valence-electron chi connectivity index (χ1n) is 6.70. The molecule has 1 fully saturated rings. The standard InChI is InChI=1S/C14H25NO3/c1-5-11-17-15(12-9-7-6-8-10-12)13(16)18-14(2,3)4/h5,12H,1,6-11H2,2-4H3. The molecule has 0 heterocycles. The maximum Gasteiger partial charge on any atom is 0.434 e. The number of carbonyl (C=O) groups is 1. The normalized spacial score (nSPS) is 17.3. The molecule has 0 bridgehead atoms. The van der Waals surface area contributed by atoms with Gasteiger partial charge in [0.15, 0.2) is 0 Å². The Hall–Kier alpha value is -1.03. The van der Waals surface area contributed by atoms with Crippen molar-refractivity contribution in [3.63, 3.8) is 0 Å². The summed E-state index contributed by atoms with van der Waals surface area (Å²) in [6.07, 6.45) is 6.73. The summed E-state index contributed by atoms with van der Waals surface area (Å²) in [7, 11) is 0. The first-order valence-corrected chi connectivity index (χ1v) is 6.70. The first-order chi connectivity index (χ1) is 8.44. The lowest BCUT2D eigenvalue weighted by Gasteiger charge is -2.34. The third-order valence-corrected chi connectivity index (χ3v) is 2.81. The molecule has 0 aromatic heterocycles. The van der Waals surface area contributed by atoms with Gasteiger partial charge in [-0.1, -0.05) is 25.3 Å². The quantitative estimate of drug-likeness (QED) is 0.568. The van der Waals surface area contributed by atoms with Crippen molar-refractivity contribution in [3.05, 3.63) is 12.7 Å². The van der Waals surface area contributed by atoms with E-state index in [1.807, 2.05) is 20.8 Å². The Morgan fingerprint density at radius 2 is 1.94 bits per heavy atom. The van der Waals surface area contributed by atoms with Gasteiger partial charge in [0, 0.05) is 0 Å². The minimum atomic E-state index is -0.498. The van der Waals surface area contributed by atoms with E-state index in [2.05, 4.69) is 6.58 Å². The van der Waals surface area contributed by atoms with Gasteiger partial charge in [0.2, 0.25) is 0 Å². The zero-order chi connectivity index (χ0) is 13.6. The van der Waals surface area contributed by atoms with E-state index in [9.17, 15) is 4.79 Å². The fourth-order valence-corrected chi connectivity index (χ4v) is 2.06. The van der Waals surface area contributed by atoms with Gasteiger partial charge in [0.1, 0.15) is 5.60 Å². The topological polar surface area (TPSA) is 38.8 Å². The smallest absolute Gasteiger partial charge is 0.434 e. The Morgan fingerprint density at radius 1 is 1.33 bits per heavy atom. The van der Waals surface area contributed by atoms with Crippen LogP contribution in [-0.2, 0) is 9.57 Å². The predicted octanol–water partition coefficient (Wildman–Crippen LogP) is 3.67. The van der Waals surface area contributed by atoms with E-state index in [-0.39, 0.29) is 6.04 Å². The number of nitrogens with zero attached hydrogens (tertiary/aromatic N) is 1. The molecule has 0 unspecified atom stereocenters. The Morgan fingerprint density at radius 3 is 2.44 bits per heavy atom. The number of hydrogen-bond acceptors (Lipinski definition) is 3. The first kappa shape index (κ1) is 15.0. The third kappa shape index (κ3) is 5.08. The zero-order valence-electron chi connectivity index (χ0n) is 11.8. The lowest BCUT2D eigenvalue weighted by atomic mass is 9.95. The van der Waals surface area contributed by atoms with Crippen LogP contribution in [0.1, 0.15) is 52.9 Å². The molecule has 0 radical (unpaired) electrons. The van der Waals surface area contributed by atoms with Crippen LogP contribution in [0.4, 0.5) is 4.79 Å². The van der Waals surface area contributed by atoms with Crippen molar-refractivity contribution in [3.8, 4) is 0 Å². The van der Waals surface area contributed by atoms with Gasteiger partial charge in [-0.05, 0) is 33.6 Å². The Kier molecular flexibility index (Phi) is 5.66. The predicted molar refractivity (Wildman–Crippen MR) is 71.1 cm³/mol. The minimum absolute atomic E-state index is 0.133. The molecule has 4 heteroatoms. The van der Waals surface area contributed by atoms with Crippen LogP contribution in [0.15, 0.2) is 12.7 Å². The molecule has 1 amide bonds. The molecule has 0 N–H and O–H groups in total. The zero-order valence-corrected chi connectivity index (χ0v) is 11.8. The van der Waals surface area contributed by atoms with Crippen molar-refractivity contribution < 1.29 is 14.4 Å². The van der Waals surface area contributed by atoms with Crippen LogP contribution in [0.25, 0.3) is 0 Å². The van der Waals surface area contributed by atoms with Crippen molar-refractivity contribution in [1.29, 1.82) is 0 Å². The van der Waals surface area contributed by atoms with Crippen molar-refractivity contribution in [2.45, 2.75) is 64.5 Å². The van der Waals surface area contributed by atoms with Gasteiger partial charge in [-0.25, -0.2) is 4.79 Å². The summed E-state index contributed by atoms with van der Waals surface area (Å²) in [5.41, 5.74) is -0.498. The van der Waals surface area contributed by atoms with Gasteiger partial charge in [-0.15, -0.1) is 6.58 Å². The Bertz CT molecular complexity index is 277. The molecule has 0 aromatic rings. The Labute approximate surface area is 110 Å². The van der Waals surface area contributed by atoms with Gasteiger partial charge >= 0.3 is 6.09 Å². The van der Waals surface area contributed by atoms with E-state index in [1.54, 1.807) is 6.08 Å². The van der Waals surface area contributed by atoms with E-state index in [0.29, 0.717) is 6.61 Å². The fourth-order valence-electron chi connectivity index (χ4n) is 2.06. The highest BCUT2D eigenvalue weighted by molar-refractivity contribution is 5.67. The summed E-state index contributed by atoms with van der Waals surface area (Å²) in [4.78, 5) is 17.6. The molecule has 1 aliphatic carbocycles. The molecule has 0 aliphatic heterocycles. The molecule has 0 saturated heterocycles. The molecule has 0 atom stereocenters. The van der Waals surface area contributed by atoms with Gasteiger partial charge in [-0.2, -0.15) is 5.06 Å². The summed E-state index contributed by atoms with van der Waals surface area (Å²) >= 11 is 0. The van der Waals surface area contributed by atoms with Crippen molar-refractivity contribution in [2.75, 3.05) is 6.61 Å². The molecular formula is C14H25NO3. The van der Waals surface area contributed by atoms with Crippen LogP contribution in [-0.4, -0.2) is 29.4 Å². The molecular weight excluding hydrogens is 230 g/mol. The molecule has 0 aromatic carbocycles. The van der Waals surface area contributed by atoms with E-state index in [1.165, 1.54) is 11.5 Å². The van der Waals surface area contributed by atoms with Crippen molar-refractivity contribution in [1.82, 2.24) is 5.06 Å². The lowest BCUT2D eigenvalue weighted by Crippen LogP contribution is -2.44. The number of ether oxygens (including phenoxy) is 1. The van der Waals surface area contributed by atoms with Gasteiger partial charge in [0.25, 0.3) is 0 Å². The van der Waals surface area contributed by atoms with Crippen LogP contribution in [0.5, 0.6) is 0 Å². The fraction of sp³-hybridized carbons (Fsp3) is 0.786. The number of amides is 1. The highest BCUT2D eigenvalue weighted by atomic mass is 16.7. The molecule has 1 aliphatic rings. The summed E-state index contributed by atoms with van der Waals surface area (Å²) < 4.78 is 5.38. The summed E-state index contributed by atoms with van der Waals surface area (Å²) in [5.74, 6) is 0.